The summed E-state index contributed by atoms with van der Waals surface area (Å²) in [5, 5.41) is 1.43. The largest absolute Gasteiger partial charge is 0.405 e. The Bertz CT molecular complexity index is 886. The third-order valence-corrected chi connectivity index (χ3v) is 12.3. The normalized spacial score (nSPS) is 18.8. The maximum Gasteiger partial charge on any atom is 0.281 e. The van der Waals surface area contributed by atoms with Gasteiger partial charge in [-0.05, 0) is 28.3 Å². The van der Waals surface area contributed by atoms with Gasteiger partial charge >= 0.3 is 0 Å². The van der Waals surface area contributed by atoms with Gasteiger partial charge in [-0.2, -0.15) is 8.42 Å². The van der Waals surface area contributed by atoms with Gasteiger partial charge in [-0.3, -0.25) is 4.18 Å². The number of hydrogen-bond acceptors (Lipinski definition) is 5. The van der Waals surface area contributed by atoms with E-state index in [1.807, 2.05) is 36.4 Å². The van der Waals surface area contributed by atoms with Crippen LogP contribution in [0.2, 0.25) is 5.04 Å². The van der Waals surface area contributed by atoms with Crippen LogP contribution in [-0.4, -0.2) is 47.4 Å². The van der Waals surface area contributed by atoms with Gasteiger partial charge in [0.05, 0.1) is 12.7 Å². The van der Waals surface area contributed by atoms with Crippen molar-refractivity contribution in [1.29, 1.82) is 0 Å². The average molecular weight is 483 g/mol. The van der Waals surface area contributed by atoms with Crippen molar-refractivity contribution in [3.63, 3.8) is 0 Å². The van der Waals surface area contributed by atoms with Crippen LogP contribution in [0.4, 0.5) is 0 Å². The summed E-state index contributed by atoms with van der Waals surface area (Å²) in [6, 6.07) is 20.4. The van der Waals surface area contributed by atoms with Gasteiger partial charge < -0.3 is 9.16 Å². The molecule has 0 aromatic heterocycles. The lowest BCUT2D eigenvalue weighted by Crippen LogP contribution is -2.67. The SMILES string of the molecule is CC(C)(C)[Si](OC[C@H](OS(=O)(=O)CCl)[C@@H]1CCCO1)(c1ccccc1)c1ccccc1. The first-order valence-corrected chi connectivity index (χ1v) is 14.6. The van der Waals surface area contributed by atoms with Crippen LogP contribution < -0.4 is 10.4 Å². The molecule has 0 spiro atoms. The highest BCUT2D eigenvalue weighted by Crippen LogP contribution is 2.37. The Labute approximate surface area is 191 Å². The zero-order valence-electron chi connectivity index (χ0n) is 18.3. The number of halogens is 1. The van der Waals surface area contributed by atoms with Crippen molar-refractivity contribution in [2.24, 2.45) is 0 Å². The Morgan fingerprint density at radius 3 is 2.03 bits per heavy atom. The van der Waals surface area contributed by atoms with Crippen molar-refractivity contribution in [3.05, 3.63) is 60.7 Å². The van der Waals surface area contributed by atoms with Gasteiger partial charge in [-0.25, -0.2) is 0 Å². The van der Waals surface area contributed by atoms with E-state index in [0.717, 1.165) is 23.2 Å². The first kappa shape index (κ1) is 24.4. The van der Waals surface area contributed by atoms with Crippen LogP contribution in [0, 0.1) is 0 Å². The Balaban J connectivity index is 2.03. The molecule has 8 heteroatoms. The van der Waals surface area contributed by atoms with E-state index in [9.17, 15) is 8.42 Å². The van der Waals surface area contributed by atoms with Crippen LogP contribution >= 0.6 is 11.6 Å². The monoisotopic (exact) mass is 482 g/mol. The highest BCUT2D eigenvalue weighted by atomic mass is 35.5. The van der Waals surface area contributed by atoms with Crippen molar-refractivity contribution >= 4 is 40.4 Å². The summed E-state index contributed by atoms with van der Waals surface area (Å²) in [7, 11) is -6.68. The van der Waals surface area contributed by atoms with Crippen LogP contribution in [-0.2, 0) is 23.5 Å². The van der Waals surface area contributed by atoms with E-state index in [0.29, 0.717) is 6.61 Å². The zero-order valence-corrected chi connectivity index (χ0v) is 20.9. The third-order valence-electron chi connectivity index (χ3n) is 5.66. The fraction of sp³-hybridized carbons (Fsp3) is 0.478. The maximum absolute atomic E-state index is 12.2. The second-order valence-electron chi connectivity index (χ2n) is 8.83. The quantitative estimate of drug-likeness (QED) is 0.310. The molecule has 0 N–H and O–H groups in total. The Morgan fingerprint density at radius 2 is 1.61 bits per heavy atom. The average Bonchev–Trinajstić information content (AvgIpc) is 3.29. The molecule has 3 rings (SSSR count). The van der Waals surface area contributed by atoms with E-state index in [1.54, 1.807) is 0 Å². The summed E-state index contributed by atoms with van der Waals surface area (Å²) in [6.45, 7) is 7.22. The van der Waals surface area contributed by atoms with E-state index in [-0.39, 0.29) is 17.7 Å². The minimum Gasteiger partial charge on any atom is -0.405 e. The fourth-order valence-corrected chi connectivity index (χ4v) is 9.61. The van der Waals surface area contributed by atoms with E-state index in [4.69, 9.17) is 24.9 Å². The van der Waals surface area contributed by atoms with Crippen LogP contribution in [0.3, 0.4) is 0 Å². The van der Waals surface area contributed by atoms with Gasteiger partial charge in [-0.15, -0.1) is 11.6 Å². The number of alkyl halides is 1. The molecule has 1 fully saturated rings. The summed E-state index contributed by atoms with van der Waals surface area (Å²) in [5.74, 6) is 0. The molecule has 1 aliphatic rings. The number of benzene rings is 2. The molecule has 0 aliphatic carbocycles. The van der Waals surface area contributed by atoms with E-state index in [1.165, 1.54) is 0 Å². The maximum atomic E-state index is 12.2. The van der Waals surface area contributed by atoms with Crippen LogP contribution in [0.5, 0.6) is 0 Å². The fourth-order valence-electron chi connectivity index (χ4n) is 4.28. The smallest absolute Gasteiger partial charge is 0.281 e. The molecule has 0 saturated carbocycles. The summed E-state index contributed by atoms with van der Waals surface area (Å²) in [6.07, 6.45) is 0.515. The van der Waals surface area contributed by atoms with Crippen LogP contribution in [0.15, 0.2) is 60.7 Å². The Morgan fingerprint density at radius 1 is 1.06 bits per heavy atom. The van der Waals surface area contributed by atoms with E-state index < -0.39 is 29.8 Å². The standard InChI is InChI=1S/C23H31ClO5SSi/c1-23(2,3)31(19-11-6-4-7-12-19,20-13-8-5-9-14-20)28-17-22(21-15-10-16-27-21)29-30(25,26)18-24/h4-9,11-14,21-22H,10,15-18H2,1-3H3/t21-,22-/m0/s1. The predicted octanol–water partition coefficient (Wildman–Crippen LogP) is 3.65. The number of hydrogen-bond donors (Lipinski definition) is 0. The predicted molar refractivity (Wildman–Crippen MR) is 127 cm³/mol. The van der Waals surface area contributed by atoms with Crippen molar-refractivity contribution in [1.82, 2.24) is 0 Å². The lowest BCUT2D eigenvalue weighted by atomic mass is 10.1. The Kier molecular flexibility index (Phi) is 7.99. The number of ether oxygens (including phenoxy) is 1. The molecule has 0 radical (unpaired) electrons. The molecule has 2 atom stereocenters. The highest BCUT2D eigenvalue weighted by molar-refractivity contribution is 7.87. The van der Waals surface area contributed by atoms with Gasteiger partial charge in [0.25, 0.3) is 18.4 Å². The molecule has 0 unspecified atom stereocenters. The second kappa shape index (κ2) is 10.1. The van der Waals surface area contributed by atoms with Crippen molar-refractivity contribution in [2.45, 2.75) is 50.9 Å². The highest BCUT2D eigenvalue weighted by Gasteiger charge is 2.51. The molecule has 170 valence electrons. The van der Waals surface area contributed by atoms with Gasteiger partial charge in [-0.1, -0.05) is 81.4 Å². The molecule has 31 heavy (non-hydrogen) atoms. The summed E-state index contributed by atoms with van der Waals surface area (Å²) >= 11 is 5.61. The molecule has 0 amide bonds. The summed E-state index contributed by atoms with van der Waals surface area (Å²) < 4.78 is 42.4. The minimum atomic E-state index is -3.87. The van der Waals surface area contributed by atoms with Gasteiger partial charge in [0.1, 0.15) is 11.3 Å². The van der Waals surface area contributed by atoms with Gasteiger partial charge in [0.2, 0.25) is 0 Å². The third kappa shape index (κ3) is 5.59. The molecule has 5 nitrogen and oxygen atoms in total. The second-order valence-corrected chi connectivity index (χ2v) is 15.3. The van der Waals surface area contributed by atoms with Crippen molar-refractivity contribution < 1.29 is 21.8 Å². The molecular weight excluding hydrogens is 452 g/mol. The minimum absolute atomic E-state index is 0.105. The van der Waals surface area contributed by atoms with Gasteiger partial charge in [0.15, 0.2) is 0 Å². The van der Waals surface area contributed by atoms with Crippen LogP contribution in [0.1, 0.15) is 33.6 Å². The van der Waals surface area contributed by atoms with E-state index >= 15 is 0 Å². The molecule has 1 aliphatic heterocycles. The van der Waals surface area contributed by atoms with Crippen molar-refractivity contribution in [3.8, 4) is 0 Å². The molecule has 0 bridgehead atoms. The molecule has 1 heterocycles. The van der Waals surface area contributed by atoms with E-state index in [2.05, 4.69) is 45.0 Å². The molecular formula is C23H31ClO5SSi. The lowest BCUT2D eigenvalue weighted by Gasteiger charge is -2.43. The first-order valence-electron chi connectivity index (χ1n) is 10.5. The Hall–Kier alpha value is -1.22. The molecule has 2 aromatic carbocycles. The molecule has 1 saturated heterocycles. The van der Waals surface area contributed by atoms with Crippen LogP contribution in [0.25, 0.3) is 0 Å². The molecule has 2 aromatic rings. The van der Waals surface area contributed by atoms with Gasteiger partial charge in [0, 0.05) is 6.61 Å². The zero-order chi connectivity index (χ0) is 22.5. The lowest BCUT2D eigenvalue weighted by molar-refractivity contribution is -0.00775. The van der Waals surface area contributed by atoms with Crippen molar-refractivity contribution in [2.75, 3.05) is 18.4 Å². The number of rotatable bonds is 9. The summed E-state index contributed by atoms with van der Waals surface area (Å²) in [5.41, 5.74) is 0. The topological polar surface area (TPSA) is 61.8 Å². The first-order chi connectivity index (χ1) is 14.7. The summed E-state index contributed by atoms with van der Waals surface area (Å²) in [4.78, 5) is 0.